The predicted octanol–water partition coefficient (Wildman–Crippen LogP) is 1.54. The first kappa shape index (κ1) is 9.22. The largest absolute Gasteiger partial charge is 0.506 e. The Morgan fingerprint density at radius 3 is 2.58 bits per heavy atom. The monoisotopic (exact) mass is 184 g/mol. The highest BCUT2D eigenvalue weighted by Gasteiger charge is 2.00. The number of benzene rings is 1. The van der Waals surface area contributed by atoms with E-state index in [1.54, 1.807) is 12.1 Å². The van der Waals surface area contributed by atoms with E-state index in [0.29, 0.717) is 5.69 Å². The SMILES string of the molecule is CN(C)Sc1ccc(N)c(O)c1. The molecule has 0 amide bonds. The predicted molar refractivity (Wildman–Crippen MR) is 52.1 cm³/mol. The fourth-order valence-electron chi connectivity index (χ4n) is 0.791. The summed E-state index contributed by atoms with van der Waals surface area (Å²) in [6, 6.07) is 5.22. The smallest absolute Gasteiger partial charge is 0.139 e. The van der Waals surface area contributed by atoms with Gasteiger partial charge in [0.15, 0.2) is 0 Å². The second kappa shape index (κ2) is 3.69. The van der Waals surface area contributed by atoms with Gasteiger partial charge in [-0.15, -0.1) is 0 Å². The summed E-state index contributed by atoms with van der Waals surface area (Å²) in [5.41, 5.74) is 5.86. The van der Waals surface area contributed by atoms with Gasteiger partial charge in [-0.05, 0) is 44.2 Å². The quantitative estimate of drug-likeness (QED) is 0.416. The molecule has 0 fully saturated rings. The van der Waals surface area contributed by atoms with Crippen molar-refractivity contribution in [3.8, 4) is 5.75 Å². The summed E-state index contributed by atoms with van der Waals surface area (Å²) in [6.45, 7) is 0. The molecular formula is C8H12N2OS. The van der Waals surface area contributed by atoms with Crippen LogP contribution in [0.2, 0.25) is 0 Å². The van der Waals surface area contributed by atoms with Crippen LogP contribution in [0.25, 0.3) is 0 Å². The normalized spacial score (nSPS) is 10.6. The fourth-order valence-corrected chi connectivity index (χ4v) is 1.51. The minimum Gasteiger partial charge on any atom is -0.506 e. The topological polar surface area (TPSA) is 49.5 Å². The maximum Gasteiger partial charge on any atom is 0.139 e. The zero-order valence-corrected chi connectivity index (χ0v) is 7.93. The van der Waals surface area contributed by atoms with Gasteiger partial charge in [-0.1, -0.05) is 0 Å². The number of aromatic hydroxyl groups is 1. The Balaban J connectivity index is 2.82. The van der Waals surface area contributed by atoms with Crippen LogP contribution in [0.5, 0.6) is 5.75 Å². The Morgan fingerprint density at radius 2 is 2.08 bits per heavy atom. The number of nitrogens with zero attached hydrogens (tertiary/aromatic N) is 1. The zero-order valence-electron chi connectivity index (χ0n) is 7.11. The van der Waals surface area contributed by atoms with Gasteiger partial charge in [0.1, 0.15) is 5.75 Å². The highest BCUT2D eigenvalue weighted by Crippen LogP contribution is 2.27. The molecule has 1 aromatic carbocycles. The number of nitrogen functional groups attached to an aromatic ring is 1. The lowest BCUT2D eigenvalue weighted by Crippen LogP contribution is -1.98. The molecule has 0 heterocycles. The van der Waals surface area contributed by atoms with Crippen LogP contribution in [0.3, 0.4) is 0 Å². The van der Waals surface area contributed by atoms with Crippen LogP contribution < -0.4 is 5.73 Å². The average molecular weight is 184 g/mol. The Bertz CT molecular complexity index is 276. The third-order valence-corrected chi connectivity index (χ3v) is 2.12. The van der Waals surface area contributed by atoms with Gasteiger partial charge in [-0.3, -0.25) is 4.31 Å². The zero-order chi connectivity index (χ0) is 9.14. The van der Waals surface area contributed by atoms with E-state index in [-0.39, 0.29) is 5.75 Å². The van der Waals surface area contributed by atoms with E-state index in [4.69, 9.17) is 5.73 Å². The molecule has 0 unspecified atom stereocenters. The molecule has 0 saturated heterocycles. The van der Waals surface area contributed by atoms with Crippen molar-refractivity contribution in [1.82, 2.24) is 4.31 Å². The molecule has 1 rings (SSSR count). The molecule has 0 aliphatic carbocycles. The van der Waals surface area contributed by atoms with E-state index < -0.39 is 0 Å². The maximum absolute atomic E-state index is 9.26. The first-order chi connectivity index (χ1) is 5.59. The van der Waals surface area contributed by atoms with Gasteiger partial charge in [-0.25, -0.2) is 0 Å². The number of phenolic OH excluding ortho intramolecular Hbond substituents is 1. The highest BCUT2D eigenvalue weighted by molar-refractivity contribution is 7.97. The van der Waals surface area contributed by atoms with Gasteiger partial charge >= 0.3 is 0 Å². The van der Waals surface area contributed by atoms with Crippen LogP contribution in [0.1, 0.15) is 0 Å². The number of nitrogens with two attached hydrogens (primary N) is 1. The molecule has 0 radical (unpaired) electrons. The van der Waals surface area contributed by atoms with Crippen LogP contribution in [0.15, 0.2) is 23.1 Å². The Kier molecular flexibility index (Phi) is 2.83. The van der Waals surface area contributed by atoms with E-state index in [1.165, 1.54) is 11.9 Å². The lowest BCUT2D eigenvalue weighted by Gasteiger charge is -2.08. The van der Waals surface area contributed by atoms with Crippen molar-refractivity contribution in [2.24, 2.45) is 0 Å². The van der Waals surface area contributed by atoms with Crippen LogP contribution in [0.4, 0.5) is 5.69 Å². The molecular weight excluding hydrogens is 172 g/mol. The van der Waals surface area contributed by atoms with Gasteiger partial charge in [0, 0.05) is 4.90 Å². The van der Waals surface area contributed by atoms with Crippen molar-refractivity contribution < 1.29 is 5.11 Å². The number of anilines is 1. The lowest BCUT2D eigenvalue weighted by molar-refractivity contribution is 0.476. The van der Waals surface area contributed by atoms with Crippen molar-refractivity contribution in [3.63, 3.8) is 0 Å². The van der Waals surface area contributed by atoms with Crippen LogP contribution >= 0.6 is 11.9 Å². The Hall–Kier alpha value is -0.870. The third-order valence-electron chi connectivity index (χ3n) is 1.29. The first-order valence-corrected chi connectivity index (χ1v) is 4.30. The van der Waals surface area contributed by atoms with E-state index >= 15 is 0 Å². The standard InChI is InChI=1S/C8H12N2OS/c1-10(2)12-6-3-4-7(9)8(11)5-6/h3-5,11H,9H2,1-2H3. The molecule has 0 aliphatic heterocycles. The summed E-state index contributed by atoms with van der Waals surface area (Å²) in [5, 5.41) is 9.26. The van der Waals surface area contributed by atoms with Crippen molar-refractivity contribution in [1.29, 1.82) is 0 Å². The van der Waals surface area contributed by atoms with E-state index in [1.807, 2.05) is 24.5 Å². The number of hydrogen-bond acceptors (Lipinski definition) is 4. The van der Waals surface area contributed by atoms with Gasteiger partial charge in [0.05, 0.1) is 5.69 Å². The minimum atomic E-state index is 0.141. The average Bonchev–Trinajstić information content (AvgIpc) is 1.96. The van der Waals surface area contributed by atoms with Gasteiger partial charge in [0.25, 0.3) is 0 Å². The van der Waals surface area contributed by atoms with E-state index in [9.17, 15) is 5.11 Å². The van der Waals surface area contributed by atoms with E-state index in [2.05, 4.69) is 0 Å². The second-order valence-electron chi connectivity index (χ2n) is 2.62. The Morgan fingerprint density at radius 1 is 1.42 bits per heavy atom. The van der Waals surface area contributed by atoms with Crippen LogP contribution in [0, 0.1) is 0 Å². The summed E-state index contributed by atoms with van der Waals surface area (Å²) in [6.07, 6.45) is 0. The molecule has 0 saturated carbocycles. The van der Waals surface area contributed by atoms with Crippen molar-refractivity contribution in [3.05, 3.63) is 18.2 Å². The first-order valence-electron chi connectivity index (χ1n) is 3.53. The summed E-state index contributed by atoms with van der Waals surface area (Å²) in [5.74, 6) is 0.141. The number of hydrogen-bond donors (Lipinski definition) is 2. The van der Waals surface area contributed by atoms with Crippen molar-refractivity contribution >= 4 is 17.6 Å². The lowest BCUT2D eigenvalue weighted by atomic mass is 10.3. The number of rotatable bonds is 2. The molecule has 0 atom stereocenters. The second-order valence-corrected chi connectivity index (χ2v) is 4.01. The molecule has 3 N–H and O–H groups in total. The molecule has 0 bridgehead atoms. The minimum absolute atomic E-state index is 0.141. The molecule has 0 aromatic heterocycles. The van der Waals surface area contributed by atoms with Gasteiger partial charge in [0.2, 0.25) is 0 Å². The van der Waals surface area contributed by atoms with Crippen molar-refractivity contribution in [2.75, 3.05) is 19.8 Å². The molecule has 66 valence electrons. The summed E-state index contributed by atoms with van der Waals surface area (Å²) in [7, 11) is 3.89. The van der Waals surface area contributed by atoms with Gasteiger partial charge in [-0.2, -0.15) is 0 Å². The van der Waals surface area contributed by atoms with Crippen LogP contribution in [-0.4, -0.2) is 23.5 Å². The molecule has 0 spiro atoms. The Labute approximate surface area is 76.3 Å². The molecule has 12 heavy (non-hydrogen) atoms. The molecule has 4 heteroatoms. The van der Waals surface area contributed by atoms with Gasteiger partial charge < -0.3 is 10.8 Å². The molecule has 0 aliphatic rings. The summed E-state index contributed by atoms with van der Waals surface area (Å²) >= 11 is 1.54. The van der Waals surface area contributed by atoms with E-state index in [0.717, 1.165) is 4.90 Å². The third kappa shape index (κ3) is 2.32. The molecule has 3 nitrogen and oxygen atoms in total. The maximum atomic E-state index is 9.26. The highest BCUT2D eigenvalue weighted by atomic mass is 32.2. The molecule has 1 aromatic rings. The summed E-state index contributed by atoms with van der Waals surface area (Å²) in [4.78, 5) is 0.978. The number of phenols is 1. The van der Waals surface area contributed by atoms with Crippen LogP contribution in [-0.2, 0) is 0 Å². The fraction of sp³-hybridized carbons (Fsp3) is 0.250. The summed E-state index contributed by atoms with van der Waals surface area (Å²) < 4.78 is 1.95. The van der Waals surface area contributed by atoms with Crippen molar-refractivity contribution in [2.45, 2.75) is 4.90 Å².